The van der Waals surface area contributed by atoms with Crippen molar-refractivity contribution in [2.45, 2.75) is 13.5 Å². The monoisotopic (exact) mass is 293 g/mol. The van der Waals surface area contributed by atoms with Gasteiger partial charge in [0, 0.05) is 0 Å². The number of aliphatic hydroxyl groups excluding tert-OH is 1. The molecule has 1 N–H and O–H groups in total. The van der Waals surface area contributed by atoms with Crippen LogP contribution in [0.3, 0.4) is 0 Å². The number of aromatic nitrogens is 3. The highest BCUT2D eigenvalue weighted by Crippen LogP contribution is 2.27. The van der Waals surface area contributed by atoms with Crippen molar-refractivity contribution in [2.75, 3.05) is 6.61 Å². The molecule has 0 atom stereocenters. The van der Waals surface area contributed by atoms with E-state index in [-0.39, 0.29) is 18.9 Å². The van der Waals surface area contributed by atoms with Gasteiger partial charge in [0.15, 0.2) is 16.5 Å². The van der Waals surface area contributed by atoms with E-state index in [0.717, 1.165) is 0 Å². The fraction of sp³-hybridized carbons (Fsp3) is 0.250. The predicted octanol–water partition coefficient (Wildman–Crippen LogP) is 1.72. The van der Waals surface area contributed by atoms with Gasteiger partial charge in [-0.2, -0.15) is 5.10 Å². The van der Waals surface area contributed by atoms with Crippen LogP contribution in [0, 0.1) is 0 Å². The molecule has 0 spiro atoms. The normalized spacial score (nSPS) is 11.1. The van der Waals surface area contributed by atoms with E-state index in [1.807, 2.05) is 0 Å². The van der Waals surface area contributed by atoms with Gasteiger partial charge in [-0.3, -0.25) is 0 Å². The van der Waals surface area contributed by atoms with Gasteiger partial charge >= 0.3 is 5.97 Å². The van der Waals surface area contributed by atoms with Crippen LogP contribution < -0.4 is 0 Å². The Balaban J connectivity index is 2.08. The van der Waals surface area contributed by atoms with Crippen LogP contribution in [0.15, 0.2) is 22.8 Å². The fourth-order valence-electron chi connectivity index (χ4n) is 1.79. The SMILES string of the molecule is CCOC(=O)c1nc2sc(-c3ccco3)nn2c1CO. The number of furan rings is 1. The van der Waals surface area contributed by atoms with E-state index in [9.17, 15) is 9.90 Å². The number of fused-ring (bicyclic) bond motifs is 1. The highest BCUT2D eigenvalue weighted by atomic mass is 32.1. The summed E-state index contributed by atoms with van der Waals surface area (Å²) in [6.07, 6.45) is 1.55. The largest absolute Gasteiger partial charge is 0.462 e. The van der Waals surface area contributed by atoms with E-state index < -0.39 is 5.97 Å². The maximum absolute atomic E-state index is 11.8. The zero-order valence-electron chi connectivity index (χ0n) is 10.6. The molecule has 0 aliphatic carbocycles. The van der Waals surface area contributed by atoms with Gasteiger partial charge in [0.05, 0.1) is 19.5 Å². The average Bonchev–Trinajstić information content (AvgIpc) is 3.13. The first-order valence-corrected chi connectivity index (χ1v) is 6.76. The van der Waals surface area contributed by atoms with Crippen LogP contribution in [0.2, 0.25) is 0 Å². The van der Waals surface area contributed by atoms with Crippen molar-refractivity contribution in [1.82, 2.24) is 14.6 Å². The summed E-state index contributed by atoms with van der Waals surface area (Å²) in [5.41, 5.74) is 0.409. The zero-order valence-corrected chi connectivity index (χ0v) is 11.4. The Morgan fingerprint density at radius 1 is 1.60 bits per heavy atom. The fourth-order valence-corrected chi connectivity index (χ4v) is 2.68. The Hall–Kier alpha value is -2.19. The highest BCUT2D eigenvalue weighted by molar-refractivity contribution is 7.19. The maximum Gasteiger partial charge on any atom is 0.359 e. The molecule has 7 nitrogen and oxygen atoms in total. The quantitative estimate of drug-likeness (QED) is 0.737. The van der Waals surface area contributed by atoms with E-state index in [1.165, 1.54) is 15.9 Å². The third-order valence-corrected chi connectivity index (χ3v) is 3.57. The summed E-state index contributed by atoms with van der Waals surface area (Å²) < 4.78 is 11.6. The molecule has 3 rings (SSSR count). The van der Waals surface area contributed by atoms with Gasteiger partial charge in [-0.25, -0.2) is 14.3 Å². The van der Waals surface area contributed by atoms with Gasteiger partial charge in [-0.1, -0.05) is 11.3 Å². The number of carbonyl (C=O) groups is 1. The molecule has 20 heavy (non-hydrogen) atoms. The molecular weight excluding hydrogens is 282 g/mol. The molecule has 3 aromatic rings. The van der Waals surface area contributed by atoms with Gasteiger partial charge in [0.25, 0.3) is 0 Å². The van der Waals surface area contributed by atoms with Crippen LogP contribution in [0.5, 0.6) is 0 Å². The summed E-state index contributed by atoms with van der Waals surface area (Å²) in [6.45, 7) is 1.61. The lowest BCUT2D eigenvalue weighted by Crippen LogP contribution is -2.09. The van der Waals surface area contributed by atoms with Crippen molar-refractivity contribution < 1.29 is 19.1 Å². The molecule has 0 amide bonds. The second-order valence-electron chi connectivity index (χ2n) is 3.86. The Morgan fingerprint density at radius 2 is 2.45 bits per heavy atom. The smallest absolute Gasteiger partial charge is 0.359 e. The first kappa shape index (κ1) is 12.8. The minimum absolute atomic E-state index is 0.0964. The first-order valence-electron chi connectivity index (χ1n) is 5.95. The van der Waals surface area contributed by atoms with Crippen LogP contribution in [0.4, 0.5) is 0 Å². The van der Waals surface area contributed by atoms with Crippen molar-refractivity contribution >= 4 is 22.3 Å². The van der Waals surface area contributed by atoms with Crippen LogP contribution in [-0.4, -0.2) is 32.3 Å². The number of ether oxygens (including phenoxy) is 1. The van der Waals surface area contributed by atoms with Crippen molar-refractivity contribution in [2.24, 2.45) is 0 Å². The molecule has 0 saturated carbocycles. The number of nitrogens with zero attached hydrogens (tertiary/aromatic N) is 3. The Bertz CT molecular complexity index is 744. The van der Waals surface area contributed by atoms with E-state index >= 15 is 0 Å². The molecule has 8 heteroatoms. The minimum atomic E-state index is -0.561. The molecule has 0 radical (unpaired) electrons. The van der Waals surface area contributed by atoms with Crippen LogP contribution in [0.1, 0.15) is 23.1 Å². The van der Waals surface area contributed by atoms with Crippen molar-refractivity contribution in [3.05, 3.63) is 29.8 Å². The van der Waals surface area contributed by atoms with Crippen LogP contribution in [0.25, 0.3) is 15.7 Å². The molecule has 3 heterocycles. The molecule has 104 valence electrons. The number of aliphatic hydroxyl groups is 1. The molecule has 0 aliphatic rings. The maximum atomic E-state index is 11.8. The summed E-state index contributed by atoms with van der Waals surface area (Å²) in [5.74, 6) is 0.0517. The third-order valence-electron chi connectivity index (χ3n) is 2.65. The van der Waals surface area contributed by atoms with Crippen molar-refractivity contribution in [3.8, 4) is 10.8 Å². The molecule has 0 bridgehead atoms. The van der Waals surface area contributed by atoms with E-state index in [1.54, 1.807) is 25.3 Å². The van der Waals surface area contributed by atoms with Crippen LogP contribution >= 0.6 is 11.3 Å². The van der Waals surface area contributed by atoms with E-state index in [0.29, 0.717) is 21.4 Å². The number of rotatable bonds is 4. The lowest BCUT2D eigenvalue weighted by atomic mass is 10.3. The molecule has 0 fully saturated rings. The van der Waals surface area contributed by atoms with E-state index in [4.69, 9.17) is 9.15 Å². The number of hydrogen-bond acceptors (Lipinski definition) is 7. The van der Waals surface area contributed by atoms with Crippen LogP contribution in [-0.2, 0) is 11.3 Å². The number of hydrogen-bond donors (Lipinski definition) is 1. The number of esters is 1. The summed E-state index contributed by atoms with van der Waals surface area (Å²) in [5, 5.41) is 14.4. The summed E-state index contributed by atoms with van der Waals surface area (Å²) in [6, 6.07) is 3.54. The Morgan fingerprint density at radius 3 is 3.10 bits per heavy atom. The van der Waals surface area contributed by atoms with Gasteiger partial charge in [0.2, 0.25) is 4.96 Å². The average molecular weight is 293 g/mol. The molecule has 0 aromatic carbocycles. The van der Waals surface area contributed by atoms with Gasteiger partial charge < -0.3 is 14.3 Å². The second kappa shape index (κ2) is 5.06. The van der Waals surface area contributed by atoms with Gasteiger partial charge in [-0.05, 0) is 19.1 Å². The lowest BCUT2D eigenvalue weighted by Gasteiger charge is -2.00. The first-order chi connectivity index (χ1) is 9.74. The number of carbonyl (C=O) groups excluding carboxylic acids is 1. The van der Waals surface area contributed by atoms with Gasteiger partial charge in [0.1, 0.15) is 5.69 Å². The lowest BCUT2D eigenvalue weighted by molar-refractivity contribution is 0.0516. The number of imidazole rings is 1. The third kappa shape index (κ3) is 1.98. The topological polar surface area (TPSA) is 89.9 Å². The summed E-state index contributed by atoms with van der Waals surface area (Å²) in [7, 11) is 0. The summed E-state index contributed by atoms with van der Waals surface area (Å²) >= 11 is 1.27. The molecule has 3 aromatic heterocycles. The van der Waals surface area contributed by atoms with Crippen molar-refractivity contribution in [1.29, 1.82) is 0 Å². The highest BCUT2D eigenvalue weighted by Gasteiger charge is 2.23. The zero-order chi connectivity index (χ0) is 14.1. The van der Waals surface area contributed by atoms with Crippen molar-refractivity contribution in [3.63, 3.8) is 0 Å². The summed E-state index contributed by atoms with van der Waals surface area (Å²) in [4.78, 5) is 16.4. The molecule has 0 saturated heterocycles. The predicted molar refractivity (Wildman–Crippen MR) is 70.4 cm³/mol. The standard InChI is InChI=1S/C12H11N3O4S/c1-2-18-11(17)9-7(6-16)15-12(13-9)20-10(14-15)8-4-3-5-19-8/h3-5,16H,2,6H2,1H3. The Labute approximate surface area is 117 Å². The second-order valence-corrected chi connectivity index (χ2v) is 4.82. The molecule has 0 unspecified atom stereocenters. The van der Waals surface area contributed by atoms with E-state index in [2.05, 4.69) is 10.1 Å². The molecule has 0 aliphatic heterocycles. The van der Waals surface area contributed by atoms with Gasteiger partial charge in [-0.15, -0.1) is 0 Å². The minimum Gasteiger partial charge on any atom is -0.462 e. The molecular formula is C12H11N3O4S. The Kier molecular flexibility index (Phi) is 3.25.